The molecule has 0 saturated carbocycles. The van der Waals surface area contributed by atoms with E-state index in [-0.39, 0.29) is 0 Å². The van der Waals surface area contributed by atoms with Gasteiger partial charge in [0.15, 0.2) is 0 Å². The van der Waals surface area contributed by atoms with Gasteiger partial charge in [-0.15, -0.1) is 0 Å². The minimum atomic E-state index is 0.928. The molecule has 0 atom stereocenters. The average Bonchev–Trinajstić information content (AvgIpc) is 3.83. The summed E-state index contributed by atoms with van der Waals surface area (Å²) < 4.78 is 6.67. The van der Waals surface area contributed by atoms with Crippen LogP contribution >= 0.6 is 0 Å². The van der Waals surface area contributed by atoms with Gasteiger partial charge in [-0.05, 0) is 83.3 Å². The van der Waals surface area contributed by atoms with Crippen molar-refractivity contribution in [3.63, 3.8) is 0 Å². The Labute approximate surface area is 264 Å². The Morgan fingerprint density at radius 3 is 2.26 bits per heavy atom. The minimum Gasteiger partial charge on any atom is -0.327 e. The molecule has 5 aromatic carbocycles. The quantitative estimate of drug-likeness (QED) is 0.206. The summed E-state index contributed by atoms with van der Waals surface area (Å²) in [6, 6.07) is 41.0. The van der Waals surface area contributed by atoms with Crippen LogP contribution in [0.1, 0.15) is 11.1 Å². The smallest absolute Gasteiger partial charge is 0.145 e. The van der Waals surface area contributed by atoms with Crippen LogP contribution in [0.25, 0.3) is 83.6 Å². The Kier molecular flexibility index (Phi) is 5.09. The summed E-state index contributed by atoms with van der Waals surface area (Å²) in [5.74, 6) is 1.89. The molecule has 0 fully saturated rings. The first-order chi connectivity index (χ1) is 22.6. The lowest BCUT2D eigenvalue weighted by molar-refractivity contribution is 0.958. The second-order valence-electron chi connectivity index (χ2n) is 12.3. The van der Waals surface area contributed by atoms with E-state index in [1.807, 2.05) is 18.3 Å². The van der Waals surface area contributed by atoms with E-state index in [0.717, 1.165) is 78.9 Å². The van der Waals surface area contributed by atoms with Crippen LogP contribution in [0.4, 0.5) is 0 Å². The number of fused-ring (bicyclic) bond motifs is 8. The standard InChI is InChI=1S/C40H28N6/c1-44-35-15-6-5-14-33(35)42-38(44)25-10-7-11-28(20-25)46-36-21-26(16-17-30(36)31-13-8-18-41-40(31)46)39-43-34-23-32-27(22-37(34)45(39)2)19-24-9-3-4-12-29(24)32/h3-18,20-23H,19H2,1-2H3. The highest BCUT2D eigenvalue weighted by Crippen LogP contribution is 2.40. The molecule has 0 N–H and O–H groups in total. The predicted molar refractivity (Wildman–Crippen MR) is 186 cm³/mol. The van der Waals surface area contributed by atoms with Crippen molar-refractivity contribution in [1.29, 1.82) is 0 Å². The van der Waals surface area contributed by atoms with Crippen molar-refractivity contribution in [2.75, 3.05) is 0 Å². The maximum Gasteiger partial charge on any atom is 0.145 e. The van der Waals surface area contributed by atoms with Crippen LogP contribution in [0.2, 0.25) is 0 Å². The Morgan fingerprint density at radius 2 is 1.35 bits per heavy atom. The van der Waals surface area contributed by atoms with Crippen LogP contribution < -0.4 is 0 Å². The zero-order valence-electron chi connectivity index (χ0n) is 25.4. The Bertz CT molecular complexity index is 2700. The molecule has 0 bridgehead atoms. The maximum absolute atomic E-state index is 5.21. The third-order valence-corrected chi connectivity index (χ3v) is 9.73. The van der Waals surface area contributed by atoms with Crippen molar-refractivity contribution in [3.8, 4) is 39.6 Å². The second-order valence-corrected chi connectivity index (χ2v) is 12.3. The molecule has 0 unspecified atom stereocenters. The van der Waals surface area contributed by atoms with E-state index in [0.29, 0.717) is 0 Å². The minimum absolute atomic E-state index is 0.928. The van der Waals surface area contributed by atoms with E-state index < -0.39 is 0 Å². The van der Waals surface area contributed by atoms with Crippen LogP contribution in [0, 0.1) is 0 Å². The maximum atomic E-state index is 5.21. The molecule has 218 valence electrons. The molecule has 0 saturated heterocycles. The molecule has 4 heterocycles. The van der Waals surface area contributed by atoms with Gasteiger partial charge in [0.1, 0.15) is 17.3 Å². The molecule has 10 rings (SSSR count). The van der Waals surface area contributed by atoms with Crippen molar-refractivity contribution < 1.29 is 0 Å². The largest absolute Gasteiger partial charge is 0.327 e. The number of pyridine rings is 1. The Balaban J connectivity index is 1.16. The molecule has 1 aliphatic rings. The fourth-order valence-electron chi connectivity index (χ4n) is 7.51. The molecule has 46 heavy (non-hydrogen) atoms. The Hall–Kier alpha value is -6.01. The van der Waals surface area contributed by atoms with Gasteiger partial charge < -0.3 is 9.13 Å². The number of para-hydroxylation sites is 2. The molecule has 6 nitrogen and oxygen atoms in total. The number of aryl methyl sites for hydroxylation is 2. The van der Waals surface area contributed by atoms with Gasteiger partial charge in [0.25, 0.3) is 0 Å². The number of aromatic nitrogens is 6. The van der Waals surface area contributed by atoms with Gasteiger partial charge in [-0.25, -0.2) is 15.0 Å². The van der Waals surface area contributed by atoms with E-state index in [1.165, 1.54) is 22.3 Å². The monoisotopic (exact) mass is 592 g/mol. The summed E-state index contributed by atoms with van der Waals surface area (Å²) >= 11 is 0. The summed E-state index contributed by atoms with van der Waals surface area (Å²) in [4.78, 5) is 15.1. The van der Waals surface area contributed by atoms with Crippen molar-refractivity contribution >= 4 is 44.0 Å². The van der Waals surface area contributed by atoms with Crippen LogP contribution in [0.5, 0.6) is 0 Å². The van der Waals surface area contributed by atoms with Crippen molar-refractivity contribution in [2.45, 2.75) is 6.42 Å². The highest BCUT2D eigenvalue weighted by molar-refractivity contribution is 6.09. The second kappa shape index (κ2) is 9.25. The lowest BCUT2D eigenvalue weighted by Crippen LogP contribution is -1.98. The molecule has 0 amide bonds. The number of imidazole rings is 2. The van der Waals surface area contributed by atoms with Crippen LogP contribution in [0.15, 0.2) is 121 Å². The normalized spacial score (nSPS) is 12.5. The van der Waals surface area contributed by atoms with Crippen LogP contribution in [-0.2, 0) is 20.5 Å². The van der Waals surface area contributed by atoms with Crippen LogP contribution in [0.3, 0.4) is 0 Å². The molecule has 1 aliphatic carbocycles. The highest BCUT2D eigenvalue weighted by atomic mass is 15.1. The average molecular weight is 593 g/mol. The molecule has 4 aromatic heterocycles. The molecular weight excluding hydrogens is 564 g/mol. The zero-order chi connectivity index (χ0) is 30.5. The van der Waals surface area contributed by atoms with E-state index in [4.69, 9.17) is 15.0 Å². The van der Waals surface area contributed by atoms with Gasteiger partial charge in [0.2, 0.25) is 0 Å². The summed E-state index contributed by atoms with van der Waals surface area (Å²) in [6.45, 7) is 0. The van der Waals surface area contributed by atoms with Gasteiger partial charge in [-0.2, -0.15) is 0 Å². The van der Waals surface area contributed by atoms with E-state index in [9.17, 15) is 0 Å². The lowest BCUT2D eigenvalue weighted by atomic mass is 10.1. The topological polar surface area (TPSA) is 53.5 Å². The first-order valence-corrected chi connectivity index (χ1v) is 15.6. The number of rotatable bonds is 3. The summed E-state index contributed by atoms with van der Waals surface area (Å²) in [5.41, 5.74) is 14.9. The third kappa shape index (κ3) is 3.49. The number of hydrogen-bond acceptors (Lipinski definition) is 3. The summed E-state index contributed by atoms with van der Waals surface area (Å²) in [5, 5.41) is 2.28. The summed E-state index contributed by atoms with van der Waals surface area (Å²) in [7, 11) is 4.21. The molecule has 0 aliphatic heterocycles. The van der Waals surface area contributed by atoms with Crippen molar-refractivity contribution in [2.24, 2.45) is 14.1 Å². The molecule has 9 aromatic rings. The van der Waals surface area contributed by atoms with Gasteiger partial charge in [-0.3, -0.25) is 4.57 Å². The van der Waals surface area contributed by atoms with Gasteiger partial charge in [0.05, 0.1) is 27.6 Å². The molecule has 0 radical (unpaired) electrons. The van der Waals surface area contributed by atoms with E-state index >= 15 is 0 Å². The van der Waals surface area contributed by atoms with E-state index in [2.05, 4.69) is 131 Å². The number of nitrogens with zero attached hydrogens (tertiary/aromatic N) is 6. The third-order valence-electron chi connectivity index (χ3n) is 9.73. The number of benzene rings is 5. The van der Waals surface area contributed by atoms with Crippen LogP contribution in [-0.4, -0.2) is 28.7 Å². The fourth-order valence-corrected chi connectivity index (χ4v) is 7.51. The van der Waals surface area contributed by atoms with Crippen molar-refractivity contribution in [3.05, 3.63) is 133 Å². The van der Waals surface area contributed by atoms with Gasteiger partial charge >= 0.3 is 0 Å². The SMILES string of the molecule is Cn1c(-c2cccc(-n3c4cc(-c5nc6cc7c(cc6n5C)Cc5ccccc5-7)ccc4c4cccnc43)c2)nc2ccccc21. The first kappa shape index (κ1) is 25.3. The van der Waals surface area contributed by atoms with E-state index in [1.54, 1.807) is 0 Å². The molecule has 6 heteroatoms. The predicted octanol–water partition coefficient (Wildman–Crippen LogP) is 8.86. The zero-order valence-corrected chi connectivity index (χ0v) is 25.4. The molecule has 0 spiro atoms. The summed E-state index contributed by atoms with van der Waals surface area (Å²) in [6.07, 6.45) is 2.84. The lowest BCUT2D eigenvalue weighted by Gasteiger charge is -2.10. The van der Waals surface area contributed by atoms with Gasteiger partial charge in [0, 0.05) is 47.9 Å². The first-order valence-electron chi connectivity index (χ1n) is 15.6. The Morgan fingerprint density at radius 1 is 0.543 bits per heavy atom. The van der Waals surface area contributed by atoms with Gasteiger partial charge in [-0.1, -0.05) is 60.7 Å². The van der Waals surface area contributed by atoms with Crippen molar-refractivity contribution in [1.82, 2.24) is 28.7 Å². The fraction of sp³-hybridized carbons (Fsp3) is 0.0750. The number of hydrogen-bond donors (Lipinski definition) is 0. The highest BCUT2D eigenvalue weighted by Gasteiger charge is 2.22. The molecular formula is C40H28N6.